The number of hydrogen-bond acceptors (Lipinski definition) is 1. The molecule has 15 heavy (non-hydrogen) atoms. The van der Waals surface area contributed by atoms with Crippen molar-refractivity contribution < 1.29 is 0 Å². The van der Waals surface area contributed by atoms with Crippen molar-refractivity contribution in [1.82, 2.24) is 5.32 Å². The maximum Gasteiger partial charge on any atom is 0.0456 e. The molecule has 2 heteroatoms. The molecule has 1 aromatic carbocycles. The van der Waals surface area contributed by atoms with E-state index in [2.05, 4.69) is 38.2 Å². The Morgan fingerprint density at radius 2 is 2.07 bits per heavy atom. The van der Waals surface area contributed by atoms with Crippen LogP contribution in [0.1, 0.15) is 43.9 Å². The van der Waals surface area contributed by atoms with Crippen LogP contribution in [0.4, 0.5) is 0 Å². The molecule has 84 valence electrons. The number of halogens is 1. The fourth-order valence-electron chi connectivity index (χ4n) is 1.82. The van der Waals surface area contributed by atoms with Crippen molar-refractivity contribution in [1.29, 1.82) is 0 Å². The van der Waals surface area contributed by atoms with Crippen molar-refractivity contribution in [3.8, 4) is 0 Å². The van der Waals surface area contributed by atoms with Crippen LogP contribution in [0.25, 0.3) is 0 Å². The summed E-state index contributed by atoms with van der Waals surface area (Å²) in [5.41, 5.74) is 2.45. The first-order valence-electron chi connectivity index (χ1n) is 5.68. The van der Waals surface area contributed by atoms with Gasteiger partial charge in [-0.1, -0.05) is 44.0 Å². The zero-order valence-electron chi connectivity index (χ0n) is 9.81. The molecule has 0 saturated carbocycles. The van der Waals surface area contributed by atoms with Crippen LogP contribution in [-0.2, 0) is 0 Å². The van der Waals surface area contributed by atoms with E-state index < -0.39 is 0 Å². The fraction of sp³-hybridized carbons (Fsp3) is 0.538. The first-order chi connectivity index (χ1) is 7.19. The van der Waals surface area contributed by atoms with E-state index >= 15 is 0 Å². The van der Waals surface area contributed by atoms with Crippen LogP contribution in [0.3, 0.4) is 0 Å². The highest BCUT2D eigenvalue weighted by Crippen LogP contribution is 2.26. The lowest BCUT2D eigenvalue weighted by atomic mass is 10.0. The van der Waals surface area contributed by atoms with Crippen LogP contribution in [-0.4, -0.2) is 6.54 Å². The Kier molecular flexibility index (Phi) is 5.13. The molecule has 0 bridgehead atoms. The Morgan fingerprint density at radius 1 is 1.33 bits per heavy atom. The molecule has 0 saturated heterocycles. The van der Waals surface area contributed by atoms with Crippen molar-refractivity contribution in [2.75, 3.05) is 6.54 Å². The third-order valence-corrected chi connectivity index (χ3v) is 2.89. The van der Waals surface area contributed by atoms with E-state index in [-0.39, 0.29) is 0 Å². The van der Waals surface area contributed by atoms with E-state index in [1.54, 1.807) is 0 Å². The Hall–Kier alpha value is -0.530. The topological polar surface area (TPSA) is 12.0 Å². The van der Waals surface area contributed by atoms with Gasteiger partial charge in [0.2, 0.25) is 0 Å². The van der Waals surface area contributed by atoms with Crippen molar-refractivity contribution in [3.05, 3.63) is 34.3 Å². The van der Waals surface area contributed by atoms with E-state index in [4.69, 9.17) is 11.6 Å². The lowest BCUT2D eigenvalue weighted by molar-refractivity contribution is 0.509. The monoisotopic (exact) mass is 225 g/mol. The lowest BCUT2D eigenvalue weighted by Gasteiger charge is -2.19. The van der Waals surface area contributed by atoms with E-state index in [0.29, 0.717) is 6.04 Å². The van der Waals surface area contributed by atoms with Gasteiger partial charge in [-0.15, -0.1) is 0 Å². The number of rotatable bonds is 5. The second kappa shape index (κ2) is 6.14. The summed E-state index contributed by atoms with van der Waals surface area (Å²) in [7, 11) is 0. The lowest BCUT2D eigenvalue weighted by Crippen LogP contribution is -2.21. The fourth-order valence-corrected chi connectivity index (χ4v) is 2.18. The van der Waals surface area contributed by atoms with E-state index in [1.165, 1.54) is 17.5 Å². The minimum atomic E-state index is 0.396. The summed E-state index contributed by atoms with van der Waals surface area (Å²) in [6.07, 6.45) is 2.30. The zero-order chi connectivity index (χ0) is 11.3. The van der Waals surface area contributed by atoms with Gasteiger partial charge in [0.15, 0.2) is 0 Å². The number of benzene rings is 1. The summed E-state index contributed by atoms with van der Waals surface area (Å²) >= 11 is 6.26. The van der Waals surface area contributed by atoms with Crippen LogP contribution in [0.5, 0.6) is 0 Å². The van der Waals surface area contributed by atoms with Gasteiger partial charge in [-0.2, -0.15) is 0 Å². The molecule has 1 atom stereocenters. The van der Waals surface area contributed by atoms with Gasteiger partial charge in [-0.3, -0.25) is 0 Å². The van der Waals surface area contributed by atoms with Gasteiger partial charge in [0, 0.05) is 11.1 Å². The number of nitrogens with one attached hydrogen (secondary N) is 1. The molecule has 0 heterocycles. The normalized spacial score (nSPS) is 12.8. The SMILES string of the molecule is CCCC(NCC)c1ccc(C)cc1Cl. The summed E-state index contributed by atoms with van der Waals surface area (Å²) < 4.78 is 0. The number of hydrogen-bond donors (Lipinski definition) is 1. The maximum absolute atomic E-state index is 6.26. The molecule has 0 aliphatic rings. The van der Waals surface area contributed by atoms with E-state index in [0.717, 1.165) is 18.0 Å². The molecule has 0 aromatic heterocycles. The van der Waals surface area contributed by atoms with Crippen LogP contribution in [0.15, 0.2) is 18.2 Å². The molecular weight excluding hydrogens is 206 g/mol. The minimum absolute atomic E-state index is 0.396. The Labute approximate surface area is 97.8 Å². The Bertz CT molecular complexity index is 303. The molecule has 0 spiro atoms. The van der Waals surface area contributed by atoms with E-state index in [9.17, 15) is 0 Å². The van der Waals surface area contributed by atoms with Crippen LogP contribution in [0.2, 0.25) is 5.02 Å². The Morgan fingerprint density at radius 3 is 2.60 bits per heavy atom. The summed E-state index contributed by atoms with van der Waals surface area (Å²) in [5.74, 6) is 0. The van der Waals surface area contributed by atoms with Crippen molar-refractivity contribution >= 4 is 11.6 Å². The third-order valence-electron chi connectivity index (χ3n) is 2.56. The molecule has 0 fully saturated rings. The summed E-state index contributed by atoms with van der Waals surface area (Å²) in [4.78, 5) is 0. The standard InChI is InChI=1S/C13H20ClN/c1-4-6-13(15-5-2)11-8-7-10(3)9-12(11)14/h7-9,13,15H,4-6H2,1-3H3. The zero-order valence-corrected chi connectivity index (χ0v) is 10.6. The predicted octanol–water partition coefficient (Wildman–Crippen LogP) is 4.10. The van der Waals surface area contributed by atoms with Gasteiger partial charge < -0.3 is 5.32 Å². The average molecular weight is 226 g/mol. The number of aryl methyl sites for hydroxylation is 1. The summed E-state index contributed by atoms with van der Waals surface area (Å²) in [6, 6.07) is 6.70. The second-order valence-corrected chi connectivity index (χ2v) is 4.33. The Balaban J connectivity index is 2.89. The highest BCUT2D eigenvalue weighted by molar-refractivity contribution is 6.31. The molecular formula is C13H20ClN. The van der Waals surface area contributed by atoms with Crippen LogP contribution < -0.4 is 5.32 Å². The molecule has 0 radical (unpaired) electrons. The van der Waals surface area contributed by atoms with Crippen LogP contribution >= 0.6 is 11.6 Å². The van der Waals surface area contributed by atoms with Gasteiger partial charge in [0.25, 0.3) is 0 Å². The molecule has 0 amide bonds. The highest BCUT2D eigenvalue weighted by atomic mass is 35.5. The largest absolute Gasteiger partial charge is 0.310 e. The maximum atomic E-state index is 6.26. The first kappa shape index (κ1) is 12.5. The van der Waals surface area contributed by atoms with Gasteiger partial charge in [-0.05, 0) is 37.1 Å². The summed E-state index contributed by atoms with van der Waals surface area (Å²) in [5, 5.41) is 4.36. The first-order valence-corrected chi connectivity index (χ1v) is 6.06. The van der Waals surface area contributed by atoms with Crippen molar-refractivity contribution in [2.24, 2.45) is 0 Å². The highest BCUT2D eigenvalue weighted by Gasteiger charge is 2.12. The van der Waals surface area contributed by atoms with Gasteiger partial charge in [0.05, 0.1) is 0 Å². The van der Waals surface area contributed by atoms with Crippen molar-refractivity contribution in [2.45, 2.75) is 39.7 Å². The quantitative estimate of drug-likeness (QED) is 0.796. The van der Waals surface area contributed by atoms with E-state index in [1.807, 2.05) is 6.07 Å². The molecule has 1 nitrogen and oxygen atoms in total. The predicted molar refractivity (Wildman–Crippen MR) is 67.5 cm³/mol. The second-order valence-electron chi connectivity index (χ2n) is 3.92. The summed E-state index contributed by atoms with van der Waals surface area (Å²) in [6.45, 7) is 7.38. The molecule has 0 aliphatic heterocycles. The average Bonchev–Trinajstić information content (AvgIpc) is 2.17. The van der Waals surface area contributed by atoms with Gasteiger partial charge in [-0.25, -0.2) is 0 Å². The van der Waals surface area contributed by atoms with Crippen molar-refractivity contribution in [3.63, 3.8) is 0 Å². The third kappa shape index (κ3) is 3.51. The molecule has 1 aromatic rings. The van der Waals surface area contributed by atoms with Gasteiger partial charge in [0.1, 0.15) is 0 Å². The molecule has 1 rings (SSSR count). The smallest absolute Gasteiger partial charge is 0.0456 e. The van der Waals surface area contributed by atoms with Crippen LogP contribution in [0, 0.1) is 6.92 Å². The molecule has 0 aliphatic carbocycles. The molecule has 1 unspecified atom stereocenters. The molecule has 1 N–H and O–H groups in total. The van der Waals surface area contributed by atoms with Gasteiger partial charge >= 0.3 is 0 Å². The minimum Gasteiger partial charge on any atom is -0.310 e.